The van der Waals surface area contributed by atoms with Gasteiger partial charge in [0.05, 0.1) is 9.92 Å². The number of anilines is 1. The van der Waals surface area contributed by atoms with E-state index >= 15 is 0 Å². The molecular formula is C13H11BrClFN2O2S. The van der Waals surface area contributed by atoms with Gasteiger partial charge in [0.25, 0.3) is 0 Å². The highest BCUT2D eigenvalue weighted by Gasteiger charge is 2.10. The molecular weight excluding hydrogens is 383 g/mol. The zero-order chi connectivity index (χ0) is 15.6. The Bertz CT molecular complexity index is 784. The van der Waals surface area contributed by atoms with Crippen LogP contribution in [0.4, 0.5) is 10.1 Å². The van der Waals surface area contributed by atoms with Crippen LogP contribution >= 0.6 is 27.5 Å². The van der Waals surface area contributed by atoms with E-state index in [1.54, 1.807) is 12.1 Å². The summed E-state index contributed by atoms with van der Waals surface area (Å²) in [6, 6.07) is 8.83. The molecule has 0 aliphatic carbocycles. The van der Waals surface area contributed by atoms with E-state index in [1.165, 1.54) is 24.3 Å². The van der Waals surface area contributed by atoms with Crippen LogP contribution in [0.1, 0.15) is 5.56 Å². The molecule has 3 N–H and O–H groups in total. The summed E-state index contributed by atoms with van der Waals surface area (Å²) < 4.78 is 36.1. The van der Waals surface area contributed by atoms with Crippen LogP contribution in [0.15, 0.2) is 45.8 Å². The van der Waals surface area contributed by atoms with Gasteiger partial charge in [-0.1, -0.05) is 17.7 Å². The monoisotopic (exact) mass is 392 g/mol. The van der Waals surface area contributed by atoms with Gasteiger partial charge in [0.2, 0.25) is 10.0 Å². The maximum absolute atomic E-state index is 13.1. The van der Waals surface area contributed by atoms with Gasteiger partial charge in [0.1, 0.15) is 5.82 Å². The molecule has 2 aromatic rings. The molecule has 0 aliphatic heterocycles. The number of benzene rings is 2. The molecule has 0 fully saturated rings. The van der Waals surface area contributed by atoms with Crippen LogP contribution in [0.5, 0.6) is 0 Å². The molecule has 0 saturated heterocycles. The van der Waals surface area contributed by atoms with Gasteiger partial charge in [0.15, 0.2) is 0 Å². The molecule has 21 heavy (non-hydrogen) atoms. The van der Waals surface area contributed by atoms with Crippen LogP contribution in [-0.2, 0) is 16.6 Å². The second-order valence-electron chi connectivity index (χ2n) is 4.29. The van der Waals surface area contributed by atoms with Crippen LogP contribution in [0.2, 0.25) is 5.02 Å². The van der Waals surface area contributed by atoms with Gasteiger partial charge in [-0.3, -0.25) is 0 Å². The molecule has 4 nitrogen and oxygen atoms in total. The molecule has 0 radical (unpaired) electrons. The maximum Gasteiger partial charge on any atom is 0.238 e. The Balaban J connectivity index is 2.15. The first-order valence-corrected chi connectivity index (χ1v) is 8.49. The fraction of sp³-hybridized carbons (Fsp3) is 0.0769. The number of nitrogens with two attached hydrogens (primary N) is 1. The highest BCUT2D eigenvalue weighted by molar-refractivity contribution is 9.10. The van der Waals surface area contributed by atoms with Crippen molar-refractivity contribution in [2.24, 2.45) is 5.14 Å². The standard InChI is InChI=1S/C13H11BrClFN2O2S/c14-10-6-9(21(17,19)20)2-4-13(10)18-7-8-1-3-12(16)11(15)5-8/h1-6,18H,7H2,(H2,17,19,20). The van der Waals surface area contributed by atoms with Gasteiger partial charge >= 0.3 is 0 Å². The summed E-state index contributed by atoms with van der Waals surface area (Å²) >= 11 is 8.98. The minimum Gasteiger partial charge on any atom is -0.380 e. The number of halogens is 3. The van der Waals surface area contributed by atoms with Crippen molar-refractivity contribution in [2.45, 2.75) is 11.4 Å². The van der Waals surface area contributed by atoms with Gasteiger partial charge in [-0.2, -0.15) is 0 Å². The Kier molecular flexibility index (Phi) is 4.88. The number of hydrogen-bond acceptors (Lipinski definition) is 3. The average molecular weight is 394 g/mol. The Morgan fingerprint density at radius 1 is 1.24 bits per heavy atom. The summed E-state index contributed by atoms with van der Waals surface area (Å²) in [6.45, 7) is 0.410. The van der Waals surface area contributed by atoms with Crippen molar-refractivity contribution >= 4 is 43.2 Å². The van der Waals surface area contributed by atoms with E-state index in [0.29, 0.717) is 16.7 Å². The van der Waals surface area contributed by atoms with E-state index in [9.17, 15) is 12.8 Å². The third-order valence-electron chi connectivity index (χ3n) is 2.74. The first kappa shape index (κ1) is 16.2. The molecule has 0 bridgehead atoms. The largest absolute Gasteiger partial charge is 0.380 e. The molecule has 8 heteroatoms. The summed E-state index contributed by atoms with van der Waals surface area (Å²) in [6.07, 6.45) is 0. The molecule has 0 atom stereocenters. The van der Waals surface area contributed by atoms with Crippen LogP contribution in [0, 0.1) is 5.82 Å². The average Bonchev–Trinajstić information content (AvgIpc) is 2.40. The minimum absolute atomic E-state index is 0.0183. The van der Waals surface area contributed by atoms with Crippen molar-refractivity contribution < 1.29 is 12.8 Å². The lowest BCUT2D eigenvalue weighted by Crippen LogP contribution is -2.12. The summed E-state index contributed by atoms with van der Waals surface area (Å²) in [4.78, 5) is 0.0183. The maximum atomic E-state index is 13.1. The van der Waals surface area contributed by atoms with Crippen LogP contribution in [-0.4, -0.2) is 8.42 Å². The van der Waals surface area contributed by atoms with Crippen LogP contribution < -0.4 is 10.5 Å². The van der Waals surface area contributed by atoms with E-state index in [2.05, 4.69) is 21.2 Å². The smallest absolute Gasteiger partial charge is 0.238 e. The number of rotatable bonds is 4. The molecule has 0 amide bonds. The number of hydrogen-bond donors (Lipinski definition) is 2. The van der Waals surface area contributed by atoms with E-state index in [0.717, 1.165) is 5.56 Å². The summed E-state index contributed by atoms with van der Waals surface area (Å²) in [5.41, 5.74) is 1.48. The molecule has 0 aromatic heterocycles. The van der Waals surface area contributed by atoms with Crippen molar-refractivity contribution in [3.63, 3.8) is 0 Å². The SMILES string of the molecule is NS(=O)(=O)c1ccc(NCc2ccc(F)c(Cl)c2)c(Br)c1. The third-order valence-corrected chi connectivity index (χ3v) is 4.59. The Morgan fingerprint density at radius 3 is 2.52 bits per heavy atom. The number of sulfonamides is 1. The van der Waals surface area contributed by atoms with Crippen molar-refractivity contribution in [3.8, 4) is 0 Å². The predicted molar refractivity (Wildman–Crippen MR) is 84.3 cm³/mol. The predicted octanol–water partition coefficient (Wildman–Crippen LogP) is 3.50. The summed E-state index contributed by atoms with van der Waals surface area (Å²) in [5, 5.41) is 8.20. The molecule has 2 rings (SSSR count). The quantitative estimate of drug-likeness (QED) is 0.835. The highest BCUT2D eigenvalue weighted by Crippen LogP contribution is 2.26. The molecule has 0 heterocycles. The summed E-state index contributed by atoms with van der Waals surface area (Å²) in [7, 11) is -3.74. The molecule has 0 spiro atoms. The first-order valence-electron chi connectivity index (χ1n) is 5.77. The Hall–Kier alpha value is -1.15. The molecule has 112 valence electrons. The van der Waals surface area contributed by atoms with Crippen LogP contribution in [0.25, 0.3) is 0 Å². The van der Waals surface area contributed by atoms with E-state index in [-0.39, 0.29) is 9.92 Å². The third kappa shape index (κ3) is 4.16. The lowest BCUT2D eigenvalue weighted by Gasteiger charge is -2.10. The van der Waals surface area contributed by atoms with Crippen molar-refractivity contribution in [1.82, 2.24) is 0 Å². The fourth-order valence-corrected chi connectivity index (χ4v) is 3.08. The van der Waals surface area contributed by atoms with E-state index < -0.39 is 15.8 Å². The zero-order valence-electron chi connectivity index (χ0n) is 10.6. The number of nitrogens with one attached hydrogen (secondary N) is 1. The van der Waals surface area contributed by atoms with Gasteiger partial charge in [-0.25, -0.2) is 17.9 Å². The van der Waals surface area contributed by atoms with Crippen molar-refractivity contribution in [3.05, 3.63) is 57.3 Å². The van der Waals surface area contributed by atoms with Crippen molar-refractivity contribution in [2.75, 3.05) is 5.32 Å². The second-order valence-corrected chi connectivity index (χ2v) is 7.11. The lowest BCUT2D eigenvalue weighted by atomic mass is 10.2. The summed E-state index contributed by atoms with van der Waals surface area (Å²) in [5.74, 6) is -0.473. The van der Waals surface area contributed by atoms with Gasteiger partial charge in [-0.15, -0.1) is 0 Å². The highest BCUT2D eigenvalue weighted by atomic mass is 79.9. The van der Waals surface area contributed by atoms with Crippen LogP contribution in [0.3, 0.4) is 0 Å². The first-order chi connectivity index (χ1) is 9.77. The van der Waals surface area contributed by atoms with Gasteiger partial charge < -0.3 is 5.32 Å². The molecule has 2 aromatic carbocycles. The fourth-order valence-electron chi connectivity index (χ4n) is 1.66. The molecule has 0 saturated carbocycles. The topological polar surface area (TPSA) is 72.2 Å². The number of primary sulfonamides is 1. The Labute approximate surface area is 135 Å². The molecule has 0 aliphatic rings. The molecule has 0 unspecified atom stereocenters. The van der Waals surface area contributed by atoms with Gasteiger partial charge in [0, 0.05) is 16.7 Å². The second kappa shape index (κ2) is 6.31. The van der Waals surface area contributed by atoms with Crippen molar-refractivity contribution in [1.29, 1.82) is 0 Å². The van der Waals surface area contributed by atoms with Gasteiger partial charge in [-0.05, 0) is 51.8 Å². The zero-order valence-corrected chi connectivity index (χ0v) is 13.8. The normalized spacial score (nSPS) is 11.4. The Morgan fingerprint density at radius 2 is 1.95 bits per heavy atom. The van der Waals surface area contributed by atoms with E-state index in [4.69, 9.17) is 16.7 Å². The lowest BCUT2D eigenvalue weighted by molar-refractivity contribution is 0.597. The minimum atomic E-state index is -3.74. The van der Waals surface area contributed by atoms with E-state index in [1.807, 2.05) is 0 Å².